The second-order valence-electron chi connectivity index (χ2n) is 6.64. The molecule has 0 bridgehead atoms. The van der Waals surface area contributed by atoms with Crippen molar-refractivity contribution in [1.82, 2.24) is 20.8 Å². The van der Waals surface area contributed by atoms with Crippen molar-refractivity contribution in [3.05, 3.63) is 53.3 Å². The van der Waals surface area contributed by atoms with E-state index in [9.17, 15) is 31.5 Å². The lowest BCUT2D eigenvalue weighted by Gasteiger charge is -2.44. The maximum Gasteiger partial charge on any atom is 0.416 e. The molecule has 7 nitrogen and oxygen atoms in total. The van der Waals surface area contributed by atoms with E-state index in [0.717, 1.165) is 18.5 Å². The van der Waals surface area contributed by atoms with Crippen molar-refractivity contribution in [3.63, 3.8) is 0 Å². The standard InChI is InChI=1S/C18H16F5N5O2.C2H6/c19-13(20)15(30)28-27-14(29)10-8-24-16(25-9-10)26-17(6-3-7-17)11-4-1-2-5-12(11)18(21,22)23;1-2/h1-2,4-5,8-9,13H,3,6-7H2,(H,27,29)(H,28,30)(H,24,25,26);1-2H3. The van der Waals surface area contributed by atoms with Crippen LogP contribution in [0.3, 0.4) is 0 Å². The Morgan fingerprint density at radius 3 is 2.12 bits per heavy atom. The molecule has 0 atom stereocenters. The van der Waals surface area contributed by atoms with Crippen molar-refractivity contribution in [2.24, 2.45) is 0 Å². The van der Waals surface area contributed by atoms with Crippen molar-refractivity contribution >= 4 is 17.8 Å². The van der Waals surface area contributed by atoms with Crippen LogP contribution in [-0.2, 0) is 16.5 Å². The Bertz CT molecular complexity index is 931. The van der Waals surface area contributed by atoms with Crippen LogP contribution in [0.15, 0.2) is 36.7 Å². The van der Waals surface area contributed by atoms with Gasteiger partial charge in [-0.15, -0.1) is 0 Å². The van der Waals surface area contributed by atoms with Gasteiger partial charge < -0.3 is 5.32 Å². The van der Waals surface area contributed by atoms with E-state index >= 15 is 0 Å². The molecule has 1 heterocycles. The second kappa shape index (κ2) is 10.3. The van der Waals surface area contributed by atoms with Crippen LogP contribution in [0.2, 0.25) is 0 Å². The Balaban J connectivity index is 0.00000176. The molecule has 174 valence electrons. The highest BCUT2D eigenvalue weighted by Crippen LogP contribution is 2.47. The Morgan fingerprint density at radius 2 is 1.62 bits per heavy atom. The van der Waals surface area contributed by atoms with Gasteiger partial charge in [-0.2, -0.15) is 22.0 Å². The van der Waals surface area contributed by atoms with Crippen LogP contribution >= 0.6 is 0 Å². The molecule has 1 saturated carbocycles. The van der Waals surface area contributed by atoms with Crippen LogP contribution < -0.4 is 16.2 Å². The number of amides is 2. The van der Waals surface area contributed by atoms with Crippen LogP contribution in [0.1, 0.15) is 54.6 Å². The Labute approximate surface area is 180 Å². The molecule has 3 rings (SSSR count). The molecule has 1 aliphatic carbocycles. The van der Waals surface area contributed by atoms with E-state index in [1.807, 2.05) is 13.8 Å². The van der Waals surface area contributed by atoms with Crippen molar-refractivity contribution in [1.29, 1.82) is 0 Å². The molecule has 3 N–H and O–H groups in total. The first kappa shape index (κ1) is 25.0. The quantitative estimate of drug-likeness (QED) is 0.463. The van der Waals surface area contributed by atoms with Gasteiger partial charge in [0.15, 0.2) is 0 Å². The summed E-state index contributed by atoms with van der Waals surface area (Å²) in [5.41, 5.74) is 1.50. The summed E-state index contributed by atoms with van der Waals surface area (Å²) >= 11 is 0. The number of aromatic nitrogens is 2. The van der Waals surface area contributed by atoms with Gasteiger partial charge in [0.2, 0.25) is 5.95 Å². The zero-order chi connectivity index (χ0) is 23.9. The third-order valence-corrected chi connectivity index (χ3v) is 4.72. The van der Waals surface area contributed by atoms with Crippen molar-refractivity contribution in [2.75, 3.05) is 5.32 Å². The van der Waals surface area contributed by atoms with Crippen LogP contribution in [0.4, 0.5) is 27.9 Å². The smallest absolute Gasteiger partial charge is 0.345 e. The average Bonchev–Trinajstić information content (AvgIpc) is 2.75. The van der Waals surface area contributed by atoms with E-state index in [0.29, 0.717) is 19.3 Å². The number of anilines is 1. The lowest BCUT2D eigenvalue weighted by Crippen LogP contribution is -2.45. The zero-order valence-electron chi connectivity index (χ0n) is 17.3. The summed E-state index contributed by atoms with van der Waals surface area (Å²) in [6.45, 7) is 4.00. The second-order valence-corrected chi connectivity index (χ2v) is 6.64. The van der Waals surface area contributed by atoms with Gasteiger partial charge in [-0.25, -0.2) is 9.97 Å². The van der Waals surface area contributed by atoms with E-state index in [1.54, 1.807) is 5.43 Å². The van der Waals surface area contributed by atoms with Crippen molar-refractivity contribution in [3.8, 4) is 0 Å². The Kier molecular flexibility index (Phi) is 8.06. The fourth-order valence-electron chi connectivity index (χ4n) is 3.11. The topological polar surface area (TPSA) is 96.0 Å². The monoisotopic (exact) mass is 459 g/mol. The molecule has 12 heteroatoms. The van der Waals surface area contributed by atoms with E-state index in [4.69, 9.17) is 0 Å². The largest absolute Gasteiger partial charge is 0.416 e. The number of alkyl halides is 5. The van der Waals surface area contributed by atoms with Gasteiger partial charge in [-0.05, 0) is 30.9 Å². The number of benzene rings is 1. The van der Waals surface area contributed by atoms with E-state index in [2.05, 4.69) is 15.3 Å². The van der Waals surface area contributed by atoms with E-state index < -0.39 is 35.5 Å². The molecule has 0 aliphatic heterocycles. The predicted octanol–water partition coefficient (Wildman–Crippen LogP) is 4.04. The molecule has 0 saturated heterocycles. The third kappa shape index (κ3) is 5.68. The third-order valence-electron chi connectivity index (χ3n) is 4.72. The first-order valence-electron chi connectivity index (χ1n) is 9.78. The predicted molar refractivity (Wildman–Crippen MR) is 106 cm³/mol. The van der Waals surface area contributed by atoms with E-state index in [-0.39, 0.29) is 17.1 Å². The molecule has 32 heavy (non-hydrogen) atoms. The molecule has 2 aromatic rings. The van der Waals surface area contributed by atoms with Gasteiger partial charge in [-0.3, -0.25) is 20.4 Å². The summed E-state index contributed by atoms with van der Waals surface area (Å²) in [4.78, 5) is 30.4. The minimum Gasteiger partial charge on any atom is -0.345 e. The molecule has 1 aliphatic rings. The van der Waals surface area contributed by atoms with Gasteiger partial charge in [0.05, 0.1) is 16.7 Å². The lowest BCUT2D eigenvalue weighted by atomic mass is 9.70. The molecular weight excluding hydrogens is 437 g/mol. The van der Waals surface area contributed by atoms with Gasteiger partial charge in [0, 0.05) is 12.4 Å². The molecule has 0 radical (unpaired) electrons. The highest BCUT2D eigenvalue weighted by Gasteiger charge is 2.45. The number of rotatable bonds is 5. The van der Waals surface area contributed by atoms with Crippen molar-refractivity contribution < 1.29 is 31.5 Å². The van der Waals surface area contributed by atoms with E-state index in [1.165, 1.54) is 23.6 Å². The fourth-order valence-corrected chi connectivity index (χ4v) is 3.11. The average molecular weight is 459 g/mol. The number of carbonyl (C=O) groups is 2. The fraction of sp³-hybridized carbons (Fsp3) is 0.400. The highest BCUT2D eigenvalue weighted by molar-refractivity contribution is 5.95. The summed E-state index contributed by atoms with van der Waals surface area (Å²) in [6, 6.07) is 5.26. The first-order valence-corrected chi connectivity index (χ1v) is 9.78. The SMILES string of the molecule is CC.O=C(NNC(=O)C(F)F)c1cnc(NC2(c3ccccc3C(F)(F)F)CCC2)nc1. The highest BCUT2D eigenvalue weighted by atomic mass is 19.4. The van der Waals surface area contributed by atoms with Crippen LogP contribution in [0.5, 0.6) is 0 Å². The Morgan fingerprint density at radius 1 is 1.03 bits per heavy atom. The molecule has 1 aromatic carbocycles. The maximum atomic E-state index is 13.4. The summed E-state index contributed by atoms with van der Waals surface area (Å²) in [6.07, 6.45) is -4.12. The summed E-state index contributed by atoms with van der Waals surface area (Å²) in [5, 5.41) is 2.93. The molecule has 2 amide bonds. The number of hydrogen-bond acceptors (Lipinski definition) is 5. The Hall–Kier alpha value is -3.31. The lowest BCUT2D eigenvalue weighted by molar-refractivity contribution is -0.139. The van der Waals surface area contributed by atoms with Gasteiger partial charge in [0.1, 0.15) is 0 Å². The minimum absolute atomic E-state index is 0.000145. The summed E-state index contributed by atoms with van der Waals surface area (Å²) in [7, 11) is 0. The number of hydrogen-bond donors (Lipinski definition) is 3. The van der Waals surface area contributed by atoms with Gasteiger partial charge in [0.25, 0.3) is 5.91 Å². The molecule has 1 aromatic heterocycles. The van der Waals surface area contributed by atoms with Gasteiger partial charge >= 0.3 is 18.5 Å². The molecule has 0 unspecified atom stereocenters. The van der Waals surface area contributed by atoms with Crippen LogP contribution in [-0.4, -0.2) is 28.2 Å². The molecular formula is C20H22F5N5O2. The maximum absolute atomic E-state index is 13.4. The number of hydrazine groups is 1. The minimum atomic E-state index is -4.52. The molecule has 0 spiro atoms. The summed E-state index contributed by atoms with van der Waals surface area (Å²) < 4.78 is 64.5. The number of nitrogens with one attached hydrogen (secondary N) is 3. The number of carbonyl (C=O) groups excluding carboxylic acids is 2. The zero-order valence-corrected chi connectivity index (χ0v) is 17.3. The normalized spacial score (nSPS) is 14.5. The number of nitrogens with zero attached hydrogens (tertiary/aromatic N) is 2. The number of halogens is 5. The summed E-state index contributed by atoms with van der Waals surface area (Å²) in [5.74, 6) is -2.62. The molecule has 1 fully saturated rings. The van der Waals surface area contributed by atoms with Gasteiger partial charge in [-0.1, -0.05) is 32.0 Å². The van der Waals surface area contributed by atoms with Crippen LogP contribution in [0.25, 0.3) is 0 Å². The first-order chi connectivity index (χ1) is 15.1. The van der Waals surface area contributed by atoms with Crippen LogP contribution in [0, 0.1) is 0 Å². The van der Waals surface area contributed by atoms with Crippen molar-refractivity contribution in [2.45, 2.75) is 51.3 Å².